The molecule has 0 fully saturated rings. The van der Waals surface area contributed by atoms with Crippen LogP contribution in [-0.4, -0.2) is 17.4 Å². The predicted molar refractivity (Wildman–Crippen MR) is 107 cm³/mol. The van der Waals surface area contributed by atoms with Crippen molar-refractivity contribution in [3.8, 4) is 10.6 Å². The fourth-order valence-electron chi connectivity index (χ4n) is 3.21. The molecule has 3 heterocycles. The average molecular weight is 389 g/mol. The van der Waals surface area contributed by atoms with Gasteiger partial charge in [0.15, 0.2) is 0 Å². The Morgan fingerprint density at radius 3 is 2.92 bits per heavy atom. The van der Waals surface area contributed by atoms with Crippen molar-refractivity contribution in [1.29, 1.82) is 0 Å². The highest BCUT2D eigenvalue weighted by Crippen LogP contribution is 2.31. The van der Waals surface area contributed by atoms with Crippen LogP contribution >= 0.6 is 34.0 Å². The van der Waals surface area contributed by atoms with Gasteiger partial charge in [-0.15, -0.1) is 34.0 Å². The molecule has 3 aromatic heterocycles. The summed E-state index contributed by atoms with van der Waals surface area (Å²) < 4.78 is 0. The fourth-order valence-corrected chi connectivity index (χ4v) is 5.99. The summed E-state index contributed by atoms with van der Waals surface area (Å²) in [6.07, 6.45) is 5.53. The number of fused-ring (bicyclic) bond motifs is 1. The molecule has 1 aliphatic carbocycles. The topological polar surface area (TPSA) is 42.0 Å². The first-order chi connectivity index (χ1) is 12.2. The van der Waals surface area contributed by atoms with Crippen LogP contribution in [0.1, 0.15) is 43.5 Å². The summed E-state index contributed by atoms with van der Waals surface area (Å²) in [5.74, 6) is 0.0892. The average Bonchev–Trinajstić information content (AvgIpc) is 3.33. The van der Waals surface area contributed by atoms with Crippen molar-refractivity contribution < 1.29 is 4.79 Å². The van der Waals surface area contributed by atoms with Gasteiger partial charge >= 0.3 is 0 Å². The summed E-state index contributed by atoms with van der Waals surface area (Å²) in [4.78, 5) is 20.9. The van der Waals surface area contributed by atoms with Gasteiger partial charge in [-0.05, 0) is 56.7 Å². The highest BCUT2D eigenvalue weighted by molar-refractivity contribution is 7.16. The summed E-state index contributed by atoms with van der Waals surface area (Å²) in [6.45, 7) is 2.71. The van der Waals surface area contributed by atoms with E-state index in [1.807, 2.05) is 12.3 Å². The van der Waals surface area contributed by atoms with Crippen molar-refractivity contribution >= 4 is 39.9 Å². The van der Waals surface area contributed by atoms with Crippen LogP contribution in [0.25, 0.3) is 10.6 Å². The molecule has 0 unspecified atom stereocenters. The van der Waals surface area contributed by atoms with Gasteiger partial charge in [0, 0.05) is 27.1 Å². The maximum absolute atomic E-state index is 12.5. The van der Waals surface area contributed by atoms with Gasteiger partial charge in [0.25, 0.3) is 5.91 Å². The van der Waals surface area contributed by atoms with Crippen LogP contribution in [0, 0.1) is 6.92 Å². The molecule has 1 N–H and O–H groups in total. The molecule has 1 amide bonds. The maximum atomic E-state index is 12.5. The first kappa shape index (κ1) is 16.9. The molecule has 1 aliphatic rings. The normalized spacial score (nSPS) is 13.6. The molecule has 4 rings (SSSR count). The third kappa shape index (κ3) is 3.71. The standard InChI is InChI=1S/C19H20N2OS3/c1-12-21-16(11-23-12)18-7-6-13(25-18)8-9-20-19(22)15-10-24-17-5-3-2-4-14(15)17/h6-7,10-11H,2-5,8-9H2,1H3,(H,20,22). The predicted octanol–water partition coefficient (Wildman–Crippen LogP) is 5.09. The summed E-state index contributed by atoms with van der Waals surface area (Å²) in [7, 11) is 0. The lowest BCUT2D eigenvalue weighted by atomic mass is 9.95. The lowest BCUT2D eigenvalue weighted by Gasteiger charge is -2.12. The smallest absolute Gasteiger partial charge is 0.252 e. The number of aromatic nitrogens is 1. The third-order valence-electron chi connectivity index (χ3n) is 4.50. The lowest BCUT2D eigenvalue weighted by Crippen LogP contribution is -2.26. The van der Waals surface area contributed by atoms with Crippen LogP contribution in [0.4, 0.5) is 0 Å². The van der Waals surface area contributed by atoms with E-state index in [0.717, 1.165) is 35.5 Å². The van der Waals surface area contributed by atoms with Crippen molar-refractivity contribution in [3.63, 3.8) is 0 Å². The van der Waals surface area contributed by atoms with E-state index in [2.05, 4.69) is 27.8 Å². The van der Waals surface area contributed by atoms with Gasteiger partial charge in [0.2, 0.25) is 0 Å². The Kier molecular flexibility index (Phi) is 5.01. The summed E-state index contributed by atoms with van der Waals surface area (Å²) in [5, 5.41) is 8.34. The SMILES string of the molecule is Cc1nc(-c2ccc(CCNC(=O)c3csc4c3CCCC4)s2)cs1. The van der Waals surface area contributed by atoms with Crippen molar-refractivity contribution in [2.75, 3.05) is 6.54 Å². The molecule has 0 aliphatic heterocycles. The molecule has 130 valence electrons. The molecule has 0 aromatic carbocycles. The molecule has 0 atom stereocenters. The molecule has 0 saturated carbocycles. The monoisotopic (exact) mass is 388 g/mol. The molecule has 6 heteroatoms. The van der Waals surface area contributed by atoms with Crippen LogP contribution < -0.4 is 5.32 Å². The lowest BCUT2D eigenvalue weighted by molar-refractivity contribution is 0.0953. The van der Waals surface area contributed by atoms with Crippen LogP contribution in [-0.2, 0) is 19.3 Å². The van der Waals surface area contributed by atoms with Gasteiger partial charge in [-0.1, -0.05) is 0 Å². The number of nitrogens with one attached hydrogen (secondary N) is 1. The zero-order valence-electron chi connectivity index (χ0n) is 14.1. The Morgan fingerprint density at radius 2 is 2.08 bits per heavy atom. The molecule has 0 radical (unpaired) electrons. The van der Waals surface area contributed by atoms with E-state index >= 15 is 0 Å². The van der Waals surface area contributed by atoms with Gasteiger partial charge in [-0.25, -0.2) is 4.98 Å². The van der Waals surface area contributed by atoms with Crippen molar-refractivity contribution in [1.82, 2.24) is 10.3 Å². The van der Waals surface area contributed by atoms with Gasteiger partial charge in [0.05, 0.1) is 21.1 Å². The summed E-state index contributed by atoms with van der Waals surface area (Å²) >= 11 is 5.19. The molecule has 3 aromatic rings. The van der Waals surface area contributed by atoms with E-state index in [9.17, 15) is 4.79 Å². The number of thiazole rings is 1. The molecule has 0 saturated heterocycles. The van der Waals surface area contributed by atoms with Gasteiger partial charge in [-0.3, -0.25) is 4.79 Å². The Morgan fingerprint density at radius 1 is 1.20 bits per heavy atom. The number of carbonyl (C=O) groups is 1. The second-order valence-electron chi connectivity index (χ2n) is 6.28. The van der Waals surface area contributed by atoms with Crippen LogP contribution in [0.5, 0.6) is 0 Å². The number of hydrogen-bond acceptors (Lipinski definition) is 5. The maximum Gasteiger partial charge on any atom is 0.252 e. The molecular weight excluding hydrogens is 368 g/mol. The number of rotatable bonds is 5. The molecule has 0 bridgehead atoms. The zero-order valence-corrected chi connectivity index (χ0v) is 16.6. The number of aryl methyl sites for hydroxylation is 2. The first-order valence-corrected chi connectivity index (χ1v) is 11.2. The van der Waals surface area contributed by atoms with Crippen molar-refractivity contribution in [3.05, 3.63) is 48.8 Å². The molecular formula is C19H20N2OS3. The largest absolute Gasteiger partial charge is 0.352 e. The zero-order chi connectivity index (χ0) is 17.2. The molecule has 25 heavy (non-hydrogen) atoms. The quantitative estimate of drug-likeness (QED) is 0.661. The number of thiophene rings is 2. The number of nitrogens with zero attached hydrogens (tertiary/aromatic N) is 1. The second-order valence-corrected chi connectivity index (χ2v) is 9.48. The summed E-state index contributed by atoms with van der Waals surface area (Å²) in [6, 6.07) is 4.28. The van der Waals surface area contributed by atoms with Crippen molar-refractivity contribution in [2.24, 2.45) is 0 Å². The summed E-state index contributed by atoms with van der Waals surface area (Å²) in [5.41, 5.74) is 3.27. The van der Waals surface area contributed by atoms with E-state index in [1.165, 1.54) is 33.0 Å². The highest BCUT2D eigenvalue weighted by atomic mass is 32.1. The Bertz CT molecular complexity index is 890. The minimum Gasteiger partial charge on any atom is -0.352 e. The number of amides is 1. The third-order valence-corrected chi connectivity index (χ3v) is 7.53. The van der Waals surface area contributed by atoms with E-state index in [4.69, 9.17) is 0 Å². The van der Waals surface area contributed by atoms with E-state index in [0.29, 0.717) is 6.54 Å². The van der Waals surface area contributed by atoms with Gasteiger partial charge < -0.3 is 5.32 Å². The highest BCUT2D eigenvalue weighted by Gasteiger charge is 2.19. The second kappa shape index (κ2) is 7.40. The minimum absolute atomic E-state index is 0.0892. The first-order valence-electron chi connectivity index (χ1n) is 8.59. The number of carbonyl (C=O) groups excluding carboxylic acids is 1. The van der Waals surface area contributed by atoms with Gasteiger partial charge in [0.1, 0.15) is 0 Å². The van der Waals surface area contributed by atoms with E-state index in [1.54, 1.807) is 34.0 Å². The van der Waals surface area contributed by atoms with Crippen LogP contribution in [0.15, 0.2) is 22.9 Å². The van der Waals surface area contributed by atoms with Crippen LogP contribution in [0.2, 0.25) is 0 Å². The Labute approximate surface area is 159 Å². The number of hydrogen-bond donors (Lipinski definition) is 1. The molecule has 3 nitrogen and oxygen atoms in total. The van der Waals surface area contributed by atoms with Crippen LogP contribution in [0.3, 0.4) is 0 Å². The van der Waals surface area contributed by atoms with E-state index < -0.39 is 0 Å². The van der Waals surface area contributed by atoms with E-state index in [-0.39, 0.29) is 5.91 Å². The Hall–Kier alpha value is -1.50. The Balaban J connectivity index is 1.34. The fraction of sp³-hybridized carbons (Fsp3) is 0.368. The van der Waals surface area contributed by atoms with Crippen molar-refractivity contribution in [2.45, 2.75) is 39.0 Å². The minimum atomic E-state index is 0.0892. The van der Waals surface area contributed by atoms with Gasteiger partial charge in [-0.2, -0.15) is 0 Å². The molecule has 0 spiro atoms.